The second kappa shape index (κ2) is 8.29. The minimum absolute atomic E-state index is 0.0239. The topological polar surface area (TPSA) is 72.0 Å². The maximum absolute atomic E-state index is 13.5. The van der Waals surface area contributed by atoms with Crippen molar-refractivity contribution >= 4 is 12.1 Å². The number of halogens is 1. The fourth-order valence-electron chi connectivity index (χ4n) is 2.88. The third kappa shape index (κ3) is 4.92. The Bertz CT molecular complexity index is 630. The number of benzene rings is 1. The summed E-state index contributed by atoms with van der Waals surface area (Å²) in [5.41, 5.74) is 3.38. The van der Waals surface area contributed by atoms with Gasteiger partial charge in [-0.3, -0.25) is 4.79 Å². The first-order chi connectivity index (χ1) is 12.1. The fraction of sp³-hybridized carbons (Fsp3) is 0.556. The Labute approximate surface area is 146 Å². The number of carbonyl (C=O) groups is 1. The number of hydrazone groups is 1. The number of hydrogen-bond donors (Lipinski definition) is 2. The molecule has 7 heteroatoms. The molecule has 0 aliphatic carbocycles. The molecule has 25 heavy (non-hydrogen) atoms. The molecule has 3 rings (SSSR count). The van der Waals surface area contributed by atoms with Crippen LogP contribution in [0.5, 0.6) is 5.75 Å². The van der Waals surface area contributed by atoms with E-state index in [-0.39, 0.29) is 29.7 Å². The molecule has 1 amide bonds. The summed E-state index contributed by atoms with van der Waals surface area (Å²) >= 11 is 0. The molecule has 2 aliphatic rings. The van der Waals surface area contributed by atoms with Gasteiger partial charge in [-0.05, 0) is 31.4 Å². The second-order valence-electron chi connectivity index (χ2n) is 6.61. The molecule has 1 aromatic carbocycles. The van der Waals surface area contributed by atoms with Crippen molar-refractivity contribution in [2.75, 3.05) is 26.3 Å². The number of amides is 1. The summed E-state index contributed by atoms with van der Waals surface area (Å²) in [7, 11) is 0. The summed E-state index contributed by atoms with van der Waals surface area (Å²) < 4.78 is 25.0. The van der Waals surface area contributed by atoms with Gasteiger partial charge in [0, 0.05) is 31.3 Å². The van der Waals surface area contributed by atoms with Crippen molar-refractivity contribution < 1.29 is 18.7 Å². The number of nitrogens with zero attached hydrogens (tertiary/aromatic N) is 1. The SMILES string of the molecule is Cc1ccc(OC[C@@H]2CC[C@H](CNC(=O)C3C=NNC3)OC2)cc1F. The molecule has 0 saturated carbocycles. The summed E-state index contributed by atoms with van der Waals surface area (Å²) in [5, 5.41) is 6.75. The van der Waals surface area contributed by atoms with Crippen LogP contribution in [-0.2, 0) is 9.53 Å². The van der Waals surface area contributed by atoms with Crippen molar-refractivity contribution in [1.82, 2.24) is 10.7 Å². The Morgan fingerprint density at radius 3 is 3.04 bits per heavy atom. The van der Waals surface area contributed by atoms with Gasteiger partial charge in [0.05, 0.1) is 25.2 Å². The maximum atomic E-state index is 13.5. The highest BCUT2D eigenvalue weighted by atomic mass is 19.1. The average molecular weight is 349 g/mol. The van der Waals surface area contributed by atoms with Gasteiger partial charge >= 0.3 is 0 Å². The molecule has 1 aromatic rings. The maximum Gasteiger partial charge on any atom is 0.230 e. The summed E-state index contributed by atoms with van der Waals surface area (Å²) in [4.78, 5) is 11.9. The van der Waals surface area contributed by atoms with Gasteiger partial charge in [0.2, 0.25) is 5.91 Å². The highest BCUT2D eigenvalue weighted by Crippen LogP contribution is 2.21. The van der Waals surface area contributed by atoms with Crippen LogP contribution in [0, 0.1) is 24.6 Å². The van der Waals surface area contributed by atoms with Crippen LogP contribution in [0.25, 0.3) is 0 Å². The minimum atomic E-state index is -0.254. The van der Waals surface area contributed by atoms with E-state index in [2.05, 4.69) is 15.8 Å². The number of aryl methyl sites for hydroxylation is 1. The second-order valence-corrected chi connectivity index (χ2v) is 6.61. The number of nitrogens with one attached hydrogen (secondary N) is 2. The Morgan fingerprint density at radius 1 is 1.48 bits per heavy atom. The molecule has 6 nitrogen and oxygen atoms in total. The van der Waals surface area contributed by atoms with E-state index in [0.717, 1.165) is 12.8 Å². The highest BCUT2D eigenvalue weighted by molar-refractivity contribution is 5.94. The quantitative estimate of drug-likeness (QED) is 0.819. The van der Waals surface area contributed by atoms with Crippen LogP contribution in [0.15, 0.2) is 23.3 Å². The normalized spacial score (nSPS) is 25.4. The van der Waals surface area contributed by atoms with Crippen molar-refractivity contribution in [2.45, 2.75) is 25.9 Å². The van der Waals surface area contributed by atoms with E-state index in [4.69, 9.17) is 9.47 Å². The molecule has 1 fully saturated rings. The monoisotopic (exact) mass is 349 g/mol. The molecular weight excluding hydrogens is 325 g/mol. The standard InChI is InChI=1S/C18H24FN3O3/c1-12-2-4-15(6-17(12)19)24-10-13-3-5-16(25-11-13)9-20-18(23)14-7-21-22-8-14/h2,4,6-7,13-14,16,22H,3,5,8-11H2,1H3,(H,20,23)/t13-,14?,16+/m0/s1. The highest BCUT2D eigenvalue weighted by Gasteiger charge is 2.24. The molecule has 0 bridgehead atoms. The molecule has 0 spiro atoms. The summed E-state index contributed by atoms with van der Waals surface area (Å²) in [6.45, 7) is 3.88. The number of hydrogen-bond acceptors (Lipinski definition) is 5. The molecule has 1 unspecified atom stereocenters. The molecule has 2 heterocycles. The molecular formula is C18H24FN3O3. The Balaban J connectivity index is 1.34. The van der Waals surface area contributed by atoms with Crippen molar-refractivity contribution in [3.05, 3.63) is 29.6 Å². The van der Waals surface area contributed by atoms with E-state index in [1.165, 1.54) is 6.07 Å². The Morgan fingerprint density at radius 2 is 2.36 bits per heavy atom. The van der Waals surface area contributed by atoms with E-state index in [1.54, 1.807) is 25.3 Å². The van der Waals surface area contributed by atoms with Crippen LogP contribution in [0.3, 0.4) is 0 Å². The van der Waals surface area contributed by atoms with E-state index < -0.39 is 0 Å². The van der Waals surface area contributed by atoms with Gasteiger partial charge in [0.1, 0.15) is 11.6 Å². The lowest BCUT2D eigenvalue weighted by molar-refractivity contribution is -0.123. The zero-order valence-electron chi connectivity index (χ0n) is 14.3. The zero-order valence-corrected chi connectivity index (χ0v) is 14.3. The van der Waals surface area contributed by atoms with E-state index in [9.17, 15) is 9.18 Å². The third-order valence-electron chi connectivity index (χ3n) is 4.59. The molecule has 136 valence electrons. The Kier molecular flexibility index (Phi) is 5.86. The predicted octanol–water partition coefficient (Wildman–Crippen LogP) is 1.63. The van der Waals surface area contributed by atoms with Gasteiger partial charge in [-0.15, -0.1) is 0 Å². The number of rotatable bonds is 6. The number of ether oxygens (including phenoxy) is 2. The number of carbonyl (C=O) groups excluding carboxylic acids is 1. The zero-order chi connectivity index (χ0) is 17.6. The van der Waals surface area contributed by atoms with Gasteiger partial charge in [-0.25, -0.2) is 4.39 Å². The van der Waals surface area contributed by atoms with Crippen molar-refractivity contribution in [2.24, 2.45) is 16.9 Å². The van der Waals surface area contributed by atoms with Crippen molar-refractivity contribution in [3.63, 3.8) is 0 Å². The first-order valence-corrected chi connectivity index (χ1v) is 8.66. The van der Waals surface area contributed by atoms with E-state index in [1.807, 2.05) is 0 Å². The summed E-state index contributed by atoms with van der Waals surface area (Å²) in [5.74, 6) is 0.353. The lowest BCUT2D eigenvalue weighted by Crippen LogP contribution is -2.41. The fourth-order valence-corrected chi connectivity index (χ4v) is 2.88. The lowest BCUT2D eigenvalue weighted by Gasteiger charge is -2.29. The molecule has 1 saturated heterocycles. The van der Waals surface area contributed by atoms with Crippen LogP contribution in [0.1, 0.15) is 18.4 Å². The predicted molar refractivity (Wildman–Crippen MR) is 92.1 cm³/mol. The third-order valence-corrected chi connectivity index (χ3v) is 4.59. The van der Waals surface area contributed by atoms with E-state index in [0.29, 0.717) is 37.6 Å². The molecule has 0 radical (unpaired) electrons. The average Bonchev–Trinajstić information content (AvgIpc) is 3.16. The van der Waals surface area contributed by atoms with Gasteiger partial charge in [-0.1, -0.05) is 6.07 Å². The lowest BCUT2D eigenvalue weighted by atomic mass is 9.99. The van der Waals surface area contributed by atoms with Gasteiger partial charge in [0.25, 0.3) is 0 Å². The smallest absolute Gasteiger partial charge is 0.230 e. The van der Waals surface area contributed by atoms with Gasteiger partial charge < -0.3 is 20.2 Å². The molecule has 0 aromatic heterocycles. The molecule has 3 atom stereocenters. The van der Waals surface area contributed by atoms with Crippen molar-refractivity contribution in [1.29, 1.82) is 0 Å². The summed E-state index contributed by atoms with van der Waals surface area (Å²) in [6, 6.07) is 4.91. The largest absolute Gasteiger partial charge is 0.493 e. The summed E-state index contributed by atoms with van der Waals surface area (Å²) in [6.07, 6.45) is 3.48. The van der Waals surface area contributed by atoms with Crippen molar-refractivity contribution in [3.8, 4) is 5.75 Å². The Hall–Kier alpha value is -2.15. The van der Waals surface area contributed by atoms with Crippen LogP contribution >= 0.6 is 0 Å². The first kappa shape index (κ1) is 17.7. The van der Waals surface area contributed by atoms with Crippen LogP contribution in [0.2, 0.25) is 0 Å². The molecule has 2 N–H and O–H groups in total. The first-order valence-electron chi connectivity index (χ1n) is 8.66. The van der Waals surface area contributed by atoms with Crippen LogP contribution < -0.4 is 15.5 Å². The minimum Gasteiger partial charge on any atom is -0.493 e. The van der Waals surface area contributed by atoms with Gasteiger partial charge in [-0.2, -0.15) is 5.10 Å². The van der Waals surface area contributed by atoms with Gasteiger partial charge in [0.15, 0.2) is 0 Å². The van der Waals surface area contributed by atoms with E-state index >= 15 is 0 Å². The van der Waals surface area contributed by atoms with Crippen LogP contribution in [0.4, 0.5) is 4.39 Å². The molecule has 2 aliphatic heterocycles. The van der Waals surface area contributed by atoms with Crippen LogP contribution in [-0.4, -0.2) is 44.5 Å².